The van der Waals surface area contributed by atoms with Crippen molar-refractivity contribution in [3.05, 3.63) is 22.7 Å². The lowest BCUT2D eigenvalue weighted by Crippen LogP contribution is -2.52. The van der Waals surface area contributed by atoms with Crippen LogP contribution in [0, 0.1) is 11.6 Å². The molecule has 2 N–H and O–H groups in total. The number of aliphatic hydroxyl groups excluding tert-OH is 1. The SMILES string of the molecule is Cl.OC[C@@H]1C[C@@H]2CNCCN2c2c(F)c(F)cc(Cl)c2O1. The molecule has 2 atom stereocenters. The van der Waals surface area contributed by atoms with E-state index in [0.717, 1.165) is 6.07 Å². The molecule has 0 amide bonds. The molecule has 0 radical (unpaired) electrons. The third-order valence-corrected chi connectivity index (χ3v) is 4.04. The maximum absolute atomic E-state index is 14.2. The summed E-state index contributed by atoms with van der Waals surface area (Å²) in [5.41, 5.74) is 0.0671. The maximum atomic E-state index is 14.2. The summed E-state index contributed by atoms with van der Waals surface area (Å²) in [5, 5.41) is 12.6. The first-order valence-electron chi connectivity index (χ1n) is 6.54. The van der Waals surface area contributed by atoms with Gasteiger partial charge in [-0.3, -0.25) is 0 Å². The van der Waals surface area contributed by atoms with Gasteiger partial charge >= 0.3 is 0 Å². The van der Waals surface area contributed by atoms with Crippen LogP contribution >= 0.6 is 24.0 Å². The van der Waals surface area contributed by atoms with Crippen molar-refractivity contribution in [3.8, 4) is 5.75 Å². The van der Waals surface area contributed by atoms with Gasteiger partial charge in [-0.2, -0.15) is 0 Å². The molecule has 2 heterocycles. The van der Waals surface area contributed by atoms with E-state index in [1.165, 1.54) is 0 Å². The summed E-state index contributed by atoms with van der Waals surface area (Å²) in [6.45, 7) is 1.65. The number of piperazine rings is 1. The van der Waals surface area contributed by atoms with Crippen LogP contribution in [-0.4, -0.2) is 43.5 Å². The fourth-order valence-electron chi connectivity index (χ4n) is 2.83. The molecule has 0 bridgehead atoms. The van der Waals surface area contributed by atoms with Crippen LogP contribution in [0.1, 0.15) is 6.42 Å². The highest BCUT2D eigenvalue weighted by Crippen LogP contribution is 2.43. The fraction of sp³-hybridized carbons (Fsp3) is 0.538. The number of anilines is 1. The highest BCUT2D eigenvalue weighted by Gasteiger charge is 2.36. The van der Waals surface area contributed by atoms with Crippen molar-refractivity contribution in [2.75, 3.05) is 31.1 Å². The summed E-state index contributed by atoms with van der Waals surface area (Å²) < 4.78 is 33.4. The monoisotopic (exact) mass is 340 g/mol. The predicted octanol–water partition coefficient (Wildman–Crippen LogP) is 1.96. The van der Waals surface area contributed by atoms with Crippen LogP contribution in [0.4, 0.5) is 14.5 Å². The number of rotatable bonds is 1. The van der Waals surface area contributed by atoms with Crippen molar-refractivity contribution in [3.63, 3.8) is 0 Å². The average Bonchev–Trinajstić information content (AvgIpc) is 2.61. The van der Waals surface area contributed by atoms with Gasteiger partial charge in [0.25, 0.3) is 0 Å². The smallest absolute Gasteiger partial charge is 0.186 e. The van der Waals surface area contributed by atoms with Crippen LogP contribution in [0.2, 0.25) is 5.02 Å². The Labute approximate surface area is 132 Å². The fourth-order valence-corrected chi connectivity index (χ4v) is 3.06. The minimum atomic E-state index is -0.989. The van der Waals surface area contributed by atoms with Crippen LogP contribution in [0.25, 0.3) is 0 Å². The third kappa shape index (κ3) is 2.90. The topological polar surface area (TPSA) is 44.7 Å². The zero-order valence-electron chi connectivity index (χ0n) is 11.1. The molecule has 0 aliphatic carbocycles. The lowest BCUT2D eigenvalue weighted by molar-refractivity contribution is 0.107. The summed E-state index contributed by atoms with van der Waals surface area (Å²) in [6, 6.07) is 0.849. The molecule has 1 saturated heterocycles. The van der Waals surface area contributed by atoms with Crippen molar-refractivity contribution in [1.29, 1.82) is 0 Å². The average molecular weight is 341 g/mol. The van der Waals surface area contributed by atoms with Gasteiger partial charge in [0, 0.05) is 32.1 Å². The predicted molar refractivity (Wildman–Crippen MR) is 78.7 cm³/mol. The van der Waals surface area contributed by atoms with E-state index >= 15 is 0 Å². The Bertz CT molecular complexity index is 533. The molecule has 2 aliphatic heterocycles. The molecule has 0 unspecified atom stereocenters. The van der Waals surface area contributed by atoms with Gasteiger partial charge in [0.2, 0.25) is 0 Å². The molecule has 2 aliphatic rings. The third-order valence-electron chi connectivity index (χ3n) is 3.76. The molecule has 8 heteroatoms. The minimum absolute atomic E-state index is 0. The molecule has 0 spiro atoms. The van der Waals surface area contributed by atoms with Gasteiger partial charge < -0.3 is 20.1 Å². The van der Waals surface area contributed by atoms with Gasteiger partial charge in [-0.1, -0.05) is 11.6 Å². The molecule has 118 valence electrons. The number of fused-ring (bicyclic) bond motifs is 3. The van der Waals surface area contributed by atoms with Crippen molar-refractivity contribution in [1.82, 2.24) is 5.32 Å². The first-order valence-corrected chi connectivity index (χ1v) is 6.92. The van der Waals surface area contributed by atoms with Gasteiger partial charge in [-0.15, -0.1) is 12.4 Å². The van der Waals surface area contributed by atoms with Crippen molar-refractivity contribution in [2.45, 2.75) is 18.6 Å². The van der Waals surface area contributed by atoms with Crippen LogP contribution < -0.4 is 15.0 Å². The summed E-state index contributed by atoms with van der Waals surface area (Å²) in [4.78, 5) is 1.78. The van der Waals surface area contributed by atoms with E-state index in [1.54, 1.807) is 4.90 Å². The van der Waals surface area contributed by atoms with Gasteiger partial charge in [0.15, 0.2) is 17.4 Å². The zero-order chi connectivity index (χ0) is 14.3. The summed E-state index contributed by atoms with van der Waals surface area (Å²) in [6.07, 6.45) is 0.0428. The molecule has 1 aromatic carbocycles. The lowest BCUT2D eigenvalue weighted by Gasteiger charge is -2.37. The second-order valence-corrected chi connectivity index (χ2v) is 5.45. The molecule has 1 fully saturated rings. The minimum Gasteiger partial charge on any atom is -0.484 e. The number of aliphatic hydroxyl groups is 1. The summed E-state index contributed by atoms with van der Waals surface area (Å²) in [5.74, 6) is -1.82. The van der Waals surface area contributed by atoms with Crippen molar-refractivity contribution >= 4 is 29.7 Å². The lowest BCUT2D eigenvalue weighted by atomic mass is 10.1. The Kier molecular flexibility index (Phi) is 5.14. The highest BCUT2D eigenvalue weighted by atomic mass is 35.5. The molecule has 3 rings (SSSR count). The Morgan fingerprint density at radius 1 is 1.48 bits per heavy atom. The van der Waals surface area contributed by atoms with Crippen LogP contribution in [0.15, 0.2) is 6.07 Å². The van der Waals surface area contributed by atoms with Gasteiger partial charge in [-0.25, -0.2) is 8.78 Å². The Balaban J connectivity index is 0.00000161. The van der Waals surface area contributed by atoms with Crippen LogP contribution in [0.5, 0.6) is 5.75 Å². The number of nitrogens with zero attached hydrogens (tertiary/aromatic N) is 1. The zero-order valence-corrected chi connectivity index (χ0v) is 12.7. The highest BCUT2D eigenvalue weighted by molar-refractivity contribution is 6.32. The largest absolute Gasteiger partial charge is 0.484 e. The summed E-state index contributed by atoms with van der Waals surface area (Å²) >= 11 is 5.99. The Hall–Kier alpha value is -0.820. The number of benzene rings is 1. The van der Waals surface area contributed by atoms with E-state index in [9.17, 15) is 13.9 Å². The number of nitrogens with one attached hydrogen (secondary N) is 1. The van der Waals surface area contributed by atoms with E-state index in [1.807, 2.05) is 0 Å². The van der Waals surface area contributed by atoms with E-state index in [0.29, 0.717) is 26.1 Å². The summed E-state index contributed by atoms with van der Waals surface area (Å²) in [7, 11) is 0. The molecule has 4 nitrogen and oxygen atoms in total. The van der Waals surface area contributed by atoms with Gasteiger partial charge in [-0.05, 0) is 6.07 Å². The molecule has 1 aromatic rings. The van der Waals surface area contributed by atoms with Crippen molar-refractivity contribution < 1.29 is 18.6 Å². The molecule has 0 aromatic heterocycles. The van der Waals surface area contributed by atoms with E-state index in [4.69, 9.17) is 16.3 Å². The normalized spacial score (nSPS) is 24.3. The number of ether oxygens (including phenoxy) is 1. The second kappa shape index (κ2) is 6.52. The molecule has 0 saturated carbocycles. The van der Waals surface area contributed by atoms with Gasteiger partial charge in [0.05, 0.1) is 11.6 Å². The van der Waals surface area contributed by atoms with E-state index < -0.39 is 17.7 Å². The quantitative estimate of drug-likeness (QED) is 0.767. The molecular weight excluding hydrogens is 325 g/mol. The van der Waals surface area contributed by atoms with Crippen molar-refractivity contribution in [2.24, 2.45) is 0 Å². The van der Waals surface area contributed by atoms with Crippen LogP contribution in [-0.2, 0) is 0 Å². The van der Waals surface area contributed by atoms with Crippen LogP contribution in [0.3, 0.4) is 0 Å². The Morgan fingerprint density at radius 2 is 2.24 bits per heavy atom. The number of hydrogen-bond donors (Lipinski definition) is 2. The second-order valence-electron chi connectivity index (χ2n) is 5.04. The first kappa shape index (κ1) is 16.5. The molecular formula is C13H16Cl2F2N2O2. The van der Waals surface area contributed by atoms with E-state index in [-0.39, 0.29) is 41.5 Å². The standard InChI is InChI=1S/C13H15ClF2N2O2.ClH/c14-9-4-10(15)11(16)12-13(9)20-8(6-19)3-7-5-17-1-2-18(7)12;/h4,7-8,17,19H,1-3,5-6H2;1H/t7-,8+;/m1./s1. The number of hydrogen-bond acceptors (Lipinski definition) is 4. The van der Waals surface area contributed by atoms with E-state index in [2.05, 4.69) is 5.32 Å². The first-order chi connectivity index (χ1) is 9.61. The number of halogens is 4. The maximum Gasteiger partial charge on any atom is 0.186 e. The molecule has 21 heavy (non-hydrogen) atoms. The van der Waals surface area contributed by atoms with Gasteiger partial charge in [0.1, 0.15) is 11.8 Å². The Morgan fingerprint density at radius 3 is 2.95 bits per heavy atom.